The van der Waals surface area contributed by atoms with E-state index in [0.717, 1.165) is 30.5 Å². The van der Waals surface area contributed by atoms with Crippen LogP contribution >= 0.6 is 11.6 Å². The summed E-state index contributed by atoms with van der Waals surface area (Å²) in [6.07, 6.45) is 3.72. The van der Waals surface area contributed by atoms with Crippen LogP contribution in [-0.4, -0.2) is 31.7 Å². The van der Waals surface area contributed by atoms with Crippen LogP contribution in [-0.2, 0) is 16.6 Å². The van der Waals surface area contributed by atoms with E-state index in [1.54, 1.807) is 30.3 Å². The fourth-order valence-corrected chi connectivity index (χ4v) is 4.42. The molecule has 11 heteroatoms. The van der Waals surface area contributed by atoms with Crippen molar-refractivity contribution in [3.8, 4) is 16.9 Å². The molecule has 0 spiro atoms. The van der Waals surface area contributed by atoms with E-state index in [1.807, 2.05) is 0 Å². The molecule has 0 saturated heterocycles. The maximum Gasteiger partial charge on any atom is 0.233 e. The Morgan fingerprint density at radius 3 is 2.50 bits per heavy atom. The van der Waals surface area contributed by atoms with Gasteiger partial charge in [0.2, 0.25) is 10.0 Å². The number of hydrogen-bond acceptors (Lipinski definition) is 6. The summed E-state index contributed by atoms with van der Waals surface area (Å²) in [5.41, 5.74) is 7.55. The number of pyridine rings is 1. The molecular formula is C23H23ClF2N4O3S. The zero-order valence-electron chi connectivity index (χ0n) is 18.0. The maximum absolute atomic E-state index is 14.0. The normalized spacial score (nSPS) is 13.6. The Labute approximate surface area is 201 Å². The van der Waals surface area contributed by atoms with Crippen molar-refractivity contribution in [3.63, 3.8) is 0 Å². The number of aromatic nitrogens is 1. The minimum atomic E-state index is -3.47. The van der Waals surface area contributed by atoms with E-state index in [4.69, 9.17) is 22.1 Å². The molecule has 4 rings (SSSR count). The molecule has 180 valence electrons. The summed E-state index contributed by atoms with van der Waals surface area (Å²) in [7, 11) is -3.47. The Hall–Kier alpha value is -2.95. The van der Waals surface area contributed by atoms with Gasteiger partial charge in [-0.2, -0.15) is 0 Å². The van der Waals surface area contributed by atoms with Crippen LogP contribution in [0.3, 0.4) is 0 Å². The molecule has 3 aromatic rings. The van der Waals surface area contributed by atoms with Crippen molar-refractivity contribution in [2.24, 2.45) is 0 Å². The molecule has 0 aliphatic heterocycles. The third-order valence-corrected chi connectivity index (χ3v) is 6.96. The number of rotatable bonds is 10. The zero-order chi connectivity index (χ0) is 24.3. The zero-order valence-corrected chi connectivity index (χ0v) is 19.6. The molecular weight excluding hydrogens is 486 g/mol. The van der Waals surface area contributed by atoms with E-state index in [0.29, 0.717) is 23.8 Å². The highest BCUT2D eigenvalue weighted by Crippen LogP contribution is 2.30. The molecule has 0 atom stereocenters. The van der Waals surface area contributed by atoms with Gasteiger partial charge < -0.3 is 15.8 Å². The lowest BCUT2D eigenvalue weighted by Crippen LogP contribution is -2.27. The lowest BCUT2D eigenvalue weighted by molar-refractivity contribution is 0.300. The molecule has 1 aliphatic rings. The number of ether oxygens (including phenoxy) is 1. The summed E-state index contributed by atoms with van der Waals surface area (Å²) in [5, 5.41) is 2.82. The standard InChI is InChI=1S/C23H23ClF2N4O3S/c24-22-18(19(25)7-8-20(22)26)13-33-21-11-15(12-29-23(21)27)14-1-3-17(4-2-14)30-34(31,32)10-9-28-16-5-6-16/h1-4,7-8,11-12,16,28,30H,5-6,9-10,13H2,(H2,27,29). The van der Waals surface area contributed by atoms with Crippen LogP contribution in [0.2, 0.25) is 5.02 Å². The second-order valence-corrected chi connectivity index (χ2v) is 10.2. The number of sulfonamides is 1. The van der Waals surface area contributed by atoms with Gasteiger partial charge in [0.15, 0.2) is 11.6 Å². The number of halogens is 3. The quantitative estimate of drug-likeness (QED) is 0.352. The average Bonchev–Trinajstić information content (AvgIpc) is 3.62. The van der Waals surface area contributed by atoms with Crippen LogP contribution in [0, 0.1) is 11.6 Å². The molecule has 0 radical (unpaired) electrons. The molecule has 0 bridgehead atoms. The Morgan fingerprint density at radius 2 is 1.79 bits per heavy atom. The van der Waals surface area contributed by atoms with Gasteiger partial charge in [-0.15, -0.1) is 0 Å². The topological polar surface area (TPSA) is 106 Å². The van der Waals surface area contributed by atoms with Gasteiger partial charge in [0.1, 0.15) is 18.2 Å². The lowest BCUT2D eigenvalue weighted by atomic mass is 10.1. The average molecular weight is 509 g/mol. The summed E-state index contributed by atoms with van der Waals surface area (Å²) < 4.78 is 60.3. The van der Waals surface area contributed by atoms with E-state index < -0.39 is 21.7 Å². The Kier molecular flexibility index (Phi) is 7.20. The van der Waals surface area contributed by atoms with Crippen LogP contribution in [0.15, 0.2) is 48.7 Å². The second kappa shape index (κ2) is 10.1. The lowest BCUT2D eigenvalue weighted by Gasteiger charge is -2.13. The first-order chi connectivity index (χ1) is 16.2. The van der Waals surface area contributed by atoms with Crippen molar-refractivity contribution in [1.29, 1.82) is 0 Å². The van der Waals surface area contributed by atoms with Crippen molar-refractivity contribution in [2.75, 3.05) is 22.8 Å². The first-order valence-electron chi connectivity index (χ1n) is 10.6. The van der Waals surface area contributed by atoms with Crippen LogP contribution in [0.5, 0.6) is 5.75 Å². The molecule has 1 fully saturated rings. The Balaban J connectivity index is 1.43. The number of nitrogen functional groups attached to an aromatic ring is 1. The Morgan fingerprint density at radius 1 is 1.09 bits per heavy atom. The highest BCUT2D eigenvalue weighted by molar-refractivity contribution is 7.92. The molecule has 1 aromatic heterocycles. The summed E-state index contributed by atoms with van der Waals surface area (Å²) in [6, 6.07) is 10.7. The molecule has 1 saturated carbocycles. The number of nitrogens with two attached hydrogens (primary N) is 1. The number of anilines is 2. The second-order valence-electron chi connectivity index (χ2n) is 7.94. The smallest absolute Gasteiger partial charge is 0.233 e. The van der Waals surface area contributed by atoms with Crippen molar-refractivity contribution >= 4 is 33.1 Å². The van der Waals surface area contributed by atoms with Crippen LogP contribution < -0.4 is 20.5 Å². The summed E-state index contributed by atoms with van der Waals surface area (Å²) in [6.45, 7) is 0.0663. The molecule has 0 amide bonds. The predicted molar refractivity (Wildman–Crippen MR) is 128 cm³/mol. The van der Waals surface area contributed by atoms with Crippen LogP contribution in [0.4, 0.5) is 20.3 Å². The van der Waals surface area contributed by atoms with Gasteiger partial charge in [0.25, 0.3) is 0 Å². The molecule has 1 heterocycles. The largest absolute Gasteiger partial charge is 0.485 e. The molecule has 2 aromatic carbocycles. The molecule has 34 heavy (non-hydrogen) atoms. The van der Waals surface area contributed by atoms with E-state index in [1.165, 1.54) is 6.20 Å². The van der Waals surface area contributed by atoms with E-state index in [9.17, 15) is 17.2 Å². The van der Waals surface area contributed by atoms with Gasteiger partial charge >= 0.3 is 0 Å². The number of nitrogens with one attached hydrogen (secondary N) is 2. The minimum Gasteiger partial charge on any atom is -0.485 e. The van der Waals surface area contributed by atoms with Gasteiger partial charge in [-0.1, -0.05) is 23.7 Å². The number of benzene rings is 2. The van der Waals surface area contributed by atoms with Gasteiger partial charge in [0, 0.05) is 35.6 Å². The van der Waals surface area contributed by atoms with Gasteiger partial charge in [0.05, 0.1) is 10.8 Å². The molecule has 1 aliphatic carbocycles. The minimum absolute atomic E-state index is 0.0102. The molecule has 4 N–H and O–H groups in total. The molecule has 7 nitrogen and oxygen atoms in total. The Bertz CT molecular complexity index is 1290. The first-order valence-corrected chi connectivity index (χ1v) is 12.6. The summed E-state index contributed by atoms with van der Waals surface area (Å²) in [4.78, 5) is 4.10. The van der Waals surface area contributed by atoms with Crippen molar-refractivity contribution in [2.45, 2.75) is 25.5 Å². The maximum atomic E-state index is 14.0. The van der Waals surface area contributed by atoms with E-state index >= 15 is 0 Å². The number of hydrogen-bond donors (Lipinski definition) is 3. The van der Waals surface area contributed by atoms with Crippen molar-refractivity contribution < 1.29 is 21.9 Å². The van der Waals surface area contributed by atoms with Crippen molar-refractivity contribution in [1.82, 2.24) is 10.3 Å². The third-order valence-electron chi connectivity index (χ3n) is 5.27. The SMILES string of the molecule is Nc1ncc(-c2ccc(NS(=O)(=O)CCNC3CC3)cc2)cc1OCc1c(F)ccc(F)c1Cl. The fourth-order valence-electron chi connectivity index (χ4n) is 3.23. The van der Waals surface area contributed by atoms with Crippen molar-refractivity contribution in [3.05, 3.63) is 70.9 Å². The fraction of sp³-hybridized carbons (Fsp3) is 0.261. The monoisotopic (exact) mass is 508 g/mol. The molecule has 0 unspecified atom stereocenters. The van der Waals surface area contributed by atoms with Gasteiger partial charge in [-0.25, -0.2) is 22.2 Å². The third kappa shape index (κ3) is 6.13. The highest BCUT2D eigenvalue weighted by atomic mass is 35.5. The summed E-state index contributed by atoms with van der Waals surface area (Å²) >= 11 is 5.84. The van der Waals surface area contributed by atoms with E-state index in [2.05, 4.69) is 15.0 Å². The highest BCUT2D eigenvalue weighted by Gasteiger charge is 2.21. The van der Waals surface area contributed by atoms with E-state index in [-0.39, 0.29) is 34.5 Å². The predicted octanol–water partition coefficient (Wildman–Crippen LogP) is 4.34. The van der Waals surface area contributed by atoms with Gasteiger partial charge in [-0.05, 0) is 48.7 Å². The summed E-state index contributed by atoms with van der Waals surface area (Å²) in [5.74, 6) is -1.22. The van der Waals surface area contributed by atoms with Crippen LogP contribution in [0.1, 0.15) is 18.4 Å². The first kappa shape index (κ1) is 24.2. The van der Waals surface area contributed by atoms with Gasteiger partial charge in [-0.3, -0.25) is 4.72 Å². The van der Waals surface area contributed by atoms with Crippen LogP contribution in [0.25, 0.3) is 11.1 Å². The number of nitrogens with zero attached hydrogens (tertiary/aromatic N) is 1.